The van der Waals surface area contributed by atoms with Crippen molar-refractivity contribution in [1.82, 2.24) is 30.3 Å². The molecule has 12 heteroatoms. The second-order valence-electron chi connectivity index (χ2n) is 13.4. The van der Waals surface area contributed by atoms with Crippen LogP contribution in [0.1, 0.15) is 83.3 Å². The van der Waals surface area contributed by atoms with Crippen LogP contribution in [0, 0.1) is 11.8 Å². The van der Waals surface area contributed by atoms with Crippen molar-refractivity contribution < 1.29 is 24.0 Å². The molecule has 1 aliphatic heterocycles. The van der Waals surface area contributed by atoms with E-state index in [-0.39, 0.29) is 29.9 Å². The van der Waals surface area contributed by atoms with E-state index >= 15 is 0 Å². The van der Waals surface area contributed by atoms with Crippen LogP contribution in [0.3, 0.4) is 0 Å². The summed E-state index contributed by atoms with van der Waals surface area (Å²) in [6.07, 6.45) is 8.78. The molecule has 3 aromatic heterocycles. The highest BCUT2D eigenvalue weighted by Crippen LogP contribution is 2.47. The number of carbonyl (C=O) groups excluding carboxylic acids is 2. The van der Waals surface area contributed by atoms with E-state index in [0.29, 0.717) is 43.3 Å². The molecule has 4 heterocycles. The van der Waals surface area contributed by atoms with Gasteiger partial charge in [-0.3, -0.25) is 4.79 Å². The number of anilines is 1. The first-order chi connectivity index (χ1) is 20.0. The van der Waals surface area contributed by atoms with Gasteiger partial charge >= 0.3 is 17.9 Å². The van der Waals surface area contributed by atoms with Crippen LogP contribution < -0.4 is 10.6 Å². The normalized spacial score (nSPS) is 26.7. The minimum Gasteiger partial charge on any atom is -0.444 e. The Hall–Kier alpha value is -3.67. The highest BCUT2D eigenvalue weighted by atomic mass is 16.6. The van der Waals surface area contributed by atoms with E-state index in [1.165, 1.54) is 0 Å². The molecular weight excluding hydrogens is 538 g/mol. The number of amides is 2. The van der Waals surface area contributed by atoms with E-state index in [1.807, 2.05) is 33.0 Å². The lowest BCUT2D eigenvalue weighted by molar-refractivity contribution is -0.0677. The fraction of sp³-hybridized carbons (Fsp3) is 0.633. The molecule has 42 heavy (non-hydrogen) atoms. The summed E-state index contributed by atoms with van der Waals surface area (Å²) < 4.78 is 10.9. The van der Waals surface area contributed by atoms with Gasteiger partial charge in [0.25, 0.3) is 0 Å². The Labute approximate surface area is 245 Å². The van der Waals surface area contributed by atoms with Gasteiger partial charge in [0.15, 0.2) is 0 Å². The van der Waals surface area contributed by atoms with Crippen molar-refractivity contribution in [1.29, 1.82) is 0 Å². The van der Waals surface area contributed by atoms with Gasteiger partial charge in [0, 0.05) is 43.0 Å². The Kier molecular flexibility index (Phi) is 7.36. The monoisotopic (exact) mass is 579 g/mol. The first-order valence-electron chi connectivity index (χ1n) is 15.0. The fourth-order valence-electron chi connectivity index (χ4n) is 6.99. The van der Waals surface area contributed by atoms with Crippen molar-refractivity contribution in [3.8, 4) is 11.4 Å². The Morgan fingerprint density at radius 2 is 2.00 bits per heavy atom. The maximum atomic E-state index is 13.0. The predicted octanol–water partition coefficient (Wildman–Crippen LogP) is 4.48. The van der Waals surface area contributed by atoms with Gasteiger partial charge in [-0.05, 0) is 83.6 Å². The molecule has 12 nitrogen and oxygen atoms in total. The van der Waals surface area contributed by atoms with Crippen molar-refractivity contribution in [2.24, 2.45) is 11.8 Å². The third-order valence-electron chi connectivity index (χ3n) is 8.82. The summed E-state index contributed by atoms with van der Waals surface area (Å²) in [5.41, 5.74) is 1.12. The van der Waals surface area contributed by atoms with E-state index in [1.54, 1.807) is 11.1 Å². The van der Waals surface area contributed by atoms with Crippen molar-refractivity contribution in [3.05, 3.63) is 24.4 Å². The number of fused-ring (bicyclic) bond motifs is 3. The van der Waals surface area contributed by atoms with Crippen molar-refractivity contribution in [2.75, 3.05) is 18.4 Å². The molecule has 0 spiro atoms. The van der Waals surface area contributed by atoms with Crippen LogP contribution in [0.15, 0.2) is 23.0 Å². The first kappa shape index (κ1) is 28.4. The van der Waals surface area contributed by atoms with Crippen LogP contribution >= 0.6 is 0 Å². The van der Waals surface area contributed by atoms with E-state index in [0.717, 1.165) is 48.8 Å². The number of rotatable bonds is 5. The number of nitrogens with zero attached hydrogens (tertiary/aromatic N) is 4. The van der Waals surface area contributed by atoms with E-state index in [2.05, 4.69) is 37.7 Å². The number of pyridine rings is 1. The maximum Gasteiger partial charge on any atom is 0.410 e. The number of aromatic nitrogens is 4. The van der Waals surface area contributed by atoms with Crippen LogP contribution in [0.2, 0.25) is 0 Å². The van der Waals surface area contributed by atoms with Gasteiger partial charge in [0.1, 0.15) is 11.2 Å². The zero-order valence-electron chi connectivity index (χ0n) is 24.8. The molecule has 3 aromatic rings. The first-order valence-corrected chi connectivity index (χ1v) is 15.0. The molecule has 2 aliphatic carbocycles. The van der Waals surface area contributed by atoms with Crippen LogP contribution in [-0.2, 0) is 4.74 Å². The van der Waals surface area contributed by atoms with Crippen LogP contribution in [-0.4, -0.2) is 78.5 Å². The summed E-state index contributed by atoms with van der Waals surface area (Å²) >= 11 is 0. The highest BCUT2D eigenvalue weighted by Gasteiger charge is 2.45. The van der Waals surface area contributed by atoms with Crippen LogP contribution in [0.4, 0.5) is 10.5 Å². The Morgan fingerprint density at radius 3 is 2.76 bits per heavy atom. The molecule has 3 fully saturated rings. The van der Waals surface area contributed by atoms with Gasteiger partial charge in [-0.15, -0.1) is 0 Å². The molecule has 2 amide bonds. The SMILES string of the molecule is CC1C[C@H]2C[C@](O)(CC[C@@H]2Nc2c(-c3noc(C(=O)NC4CCN(C(=O)OC(C)(C)C)CC4)n3)cnc3[nH]ccc23)C1. The summed E-state index contributed by atoms with van der Waals surface area (Å²) in [5, 5.41) is 22.8. The summed E-state index contributed by atoms with van der Waals surface area (Å²) in [6, 6.07) is 2.03. The third kappa shape index (κ3) is 5.95. The van der Waals surface area contributed by atoms with Crippen LogP contribution in [0.25, 0.3) is 22.4 Å². The third-order valence-corrected chi connectivity index (χ3v) is 8.82. The average molecular weight is 580 g/mol. The van der Waals surface area contributed by atoms with Crippen molar-refractivity contribution in [2.45, 2.75) is 95.9 Å². The lowest BCUT2D eigenvalue weighted by Gasteiger charge is -2.48. The molecule has 4 atom stereocenters. The second-order valence-corrected chi connectivity index (χ2v) is 13.4. The Morgan fingerprint density at radius 1 is 1.21 bits per heavy atom. The number of carbonyl (C=O) groups is 2. The predicted molar refractivity (Wildman–Crippen MR) is 156 cm³/mol. The second kappa shape index (κ2) is 10.9. The zero-order valence-corrected chi connectivity index (χ0v) is 24.8. The molecule has 3 aliphatic rings. The van der Waals surface area contributed by atoms with Crippen LogP contribution in [0.5, 0.6) is 0 Å². The van der Waals surface area contributed by atoms with E-state index in [4.69, 9.17) is 9.26 Å². The molecular formula is C30H41N7O5. The molecule has 4 N–H and O–H groups in total. The van der Waals surface area contributed by atoms with Crippen molar-refractivity contribution in [3.63, 3.8) is 0 Å². The zero-order chi connectivity index (χ0) is 29.6. The molecule has 2 saturated carbocycles. The number of likely N-dealkylation sites (tertiary alicyclic amines) is 1. The van der Waals surface area contributed by atoms with Gasteiger partial charge in [0.05, 0.1) is 16.9 Å². The molecule has 0 aromatic carbocycles. The van der Waals surface area contributed by atoms with Gasteiger partial charge in [-0.25, -0.2) is 9.78 Å². The number of nitrogens with one attached hydrogen (secondary N) is 3. The minimum absolute atomic E-state index is 0.121. The van der Waals surface area contributed by atoms with Gasteiger partial charge in [-0.2, -0.15) is 4.98 Å². The summed E-state index contributed by atoms with van der Waals surface area (Å²) in [6.45, 7) is 8.73. The number of H-pyrrole nitrogens is 1. The standard InChI is InChI=1S/C30H41N7O5/c1-17-13-18-15-30(40,14-17)9-5-22(18)34-23-20-6-10-31-24(20)32-16-21(23)25-35-27(42-36-25)26(38)33-19-7-11-37(12-8-19)28(39)41-29(2,3)4/h6,10,16-19,22,40H,5,7-9,11-15H2,1-4H3,(H,33,38)(H2,31,32,34)/t17?,18-,22-,30-/m0/s1. The molecule has 2 bridgehead atoms. The minimum atomic E-state index is -0.562. The Balaban J connectivity index is 1.15. The molecule has 6 rings (SSSR count). The number of aliphatic hydroxyl groups is 1. The largest absolute Gasteiger partial charge is 0.444 e. The van der Waals surface area contributed by atoms with Gasteiger partial charge < -0.3 is 34.9 Å². The highest BCUT2D eigenvalue weighted by molar-refractivity contribution is 5.97. The number of ether oxygens (including phenoxy) is 1. The summed E-state index contributed by atoms with van der Waals surface area (Å²) in [7, 11) is 0. The van der Waals surface area contributed by atoms with Gasteiger partial charge in [-0.1, -0.05) is 12.1 Å². The average Bonchev–Trinajstić information content (AvgIpc) is 3.60. The van der Waals surface area contributed by atoms with Crippen molar-refractivity contribution >= 4 is 28.7 Å². The lowest BCUT2D eigenvalue weighted by atomic mass is 9.64. The maximum absolute atomic E-state index is 13.0. The Bertz CT molecular complexity index is 1450. The number of hydrogen-bond acceptors (Lipinski definition) is 9. The quantitative estimate of drug-likeness (QED) is 0.342. The van der Waals surface area contributed by atoms with Gasteiger partial charge in [0.2, 0.25) is 5.82 Å². The molecule has 0 radical (unpaired) electrons. The van der Waals surface area contributed by atoms with E-state index < -0.39 is 17.1 Å². The van der Waals surface area contributed by atoms with E-state index in [9.17, 15) is 14.7 Å². The smallest absolute Gasteiger partial charge is 0.410 e. The fourth-order valence-corrected chi connectivity index (χ4v) is 6.99. The summed E-state index contributed by atoms with van der Waals surface area (Å²) in [5.74, 6) is 0.546. The number of hydrogen-bond donors (Lipinski definition) is 4. The molecule has 1 unspecified atom stereocenters. The molecule has 1 saturated heterocycles. The number of aromatic amines is 1. The molecule has 226 valence electrons. The number of piperidine rings is 1. The lowest BCUT2D eigenvalue weighted by Crippen LogP contribution is -2.49. The summed E-state index contributed by atoms with van der Waals surface area (Å²) in [4.78, 5) is 39.2. The topological polar surface area (TPSA) is 158 Å².